The fourth-order valence-electron chi connectivity index (χ4n) is 1.45. The van der Waals surface area contributed by atoms with Crippen LogP contribution in [0.2, 0.25) is 0 Å². The molecule has 1 rings (SSSR count). The first-order valence-electron chi connectivity index (χ1n) is 4.72. The maximum absolute atomic E-state index is 5.36. The third-order valence-electron chi connectivity index (χ3n) is 2.14. The Morgan fingerprint density at radius 1 is 1.33 bits per heavy atom. The van der Waals surface area contributed by atoms with Crippen molar-refractivity contribution in [1.82, 2.24) is 4.90 Å². The Labute approximate surface area is 74.6 Å². The first kappa shape index (κ1) is 9.96. The van der Waals surface area contributed by atoms with E-state index in [0.717, 1.165) is 39.3 Å². The van der Waals surface area contributed by atoms with E-state index in [0.29, 0.717) is 0 Å². The highest BCUT2D eigenvalue weighted by Gasteiger charge is 2.07. The maximum Gasteiger partial charge on any atom is 0.0593 e. The van der Waals surface area contributed by atoms with Crippen molar-refractivity contribution >= 4 is 0 Å². The van der Waals surface area contributed by atoms with Crippen molar-refractivity contribution in [2.75, 3.05) is 46.6 Å². The van der Waals surface area contributed by atoms with E-state index in [2.05, 4.69) is 4.90 Å². The molecule has 0 aromatic carbocycles. The van der Waals surface area contributed by atoms with Gasteiger partial charge in [-0.1, -0.05) is 0 Å². The summed E-state index contributed by atoms with van der Waals surface area (Å²) in [4.78, 5) is 2.45. The van der Waals surface area contributed by atoms with E-state index in [1.165, 1.54) is 13.0 Å². The van der Waals surface area contributed by atoms with Gasteiger partial charge in [0.1, 0.15) is 0 Å². The lowest BCUT2D eigenvalue weighted by Gasteiger charge is -2.18. The summed E-state index contributed by atoms with van der Waals surface area (Å²) < 4.78 is 10.4. The van der Waals surface area contributed by atoms with Crippen LogP contribution in [0.5, 0.6) is 0 Å². The Bertz CT molecular complexity index is 101. The summed E-state index contributed by atoms with van der Waals surface area (Å²) in [6.07, 6.45) is 2.31. The Morgan fingerprint density at radius 2 is 2.25 bits per heavy atom. The van der Waals surface area contributed by atoms with Gasteiger partial charge in [0.25, 0.3) is 0 Å². The van der Waals surface area contributed by atoms with Gasteiger partial charge in [-0.05, 0) is 12.8 Å². The minimum absolute atomic E-state index is 0.872. The molecule has 1 aliphatic heterocycles. The number of ether oxygens (including phenoxy) is 2. The zero-order valence-electron chi connectivity index (χ0n) is 7.92. The molecule has 0 N–H and O–H groups in total. The molecule has 1 saturated heterocycles. The van der Waals surface area contributed by atoms with Gasteiger partial charge in [0.05, 0.1) is 6.61 Å². The van der Waals surface area contributed by atoms with Gasteiger partial charge in [0.2, 0.25) is 0 Å². The highest BCUT2D eigenvalue weighted by Crippen LogP contribution is 1.99. The molecule has 0 atom stereocenters. The number of hydrogen-bond acceptors (Lipinski definition) is 3. The molecule has 0 aliphatic carbocycles. The molecule has 0 unspecified atom stereocenters. The molecule has 0 amide bonds. The molecule has 0 spiro atoms. The molecule has 0 saturated carbocycles. The lowest BCUT2D eigenvalue weighted by molar-refractivity contribution is 0.136. The minimum Gasteiger partial charge on any atom is -0.385 e. The molecule has 3 nitrogen and oxygen atoms in total. The van der Waals surface area contributed by atoms with Crippen molar-refractivity contribution in [3.05, 3.63) is 0 Å². The Kier molecular flexibility index (Phi) is 5.32. The Morgan fingerprint density at radius 3 is 3.08 bits per heavy atom. The van der Waals surface area contributed by atoms with Crippen molar-refractivity contribution in [1.29, 1.82) is 0 Å². The quantitative estimate of drug-likeness (QED) is 0.585. The third-order valence-corrected chi connectivity index (χ3v) is 2.14. The lowest BCUT2D eigenvalue weighted by Crippen LogP contribution is -2.28. The zero-order valence-corrected chi connectivity index (χ0v) is 7.92. The predicted octanol–water partition coefficient (Wildman–Crippen LogP) is 0.745. The van der Waals surface area contributed by atoms with E-state index >= 15 is 0 Å². The number of rotatable bonds is 4. The van der Waals surface area contributed by atoms with Crippen LogP contribution in [0.3, 0.4) is 0 Å². The standard InChI is InChI=1S/C9H19NO2/c1-11-7-2-4-10-5-3-8-12-9-6-10/h2-9H2,1H3. The summed E-state index contributed by atoms with van der Waals surface area (Å²) in [6.45, 7) is 6.12. The SMILES string of the molecule is COCCCN1CCCOCC1. The second kappa shape index (κ2) is 6.40. The van der Waals surface area contributed by atoms with Crippen LogP contribution in [0.15, 0.2) is 0 Å². The highest BCUT2D eigenvalue weighted by molar-refractivity contribution is 4.60. The van der Waals surface area contributed by atoms with Gasteiger partial charge in [-0.25, -0.2) is 0 Å². The molecule has 3 heteroatoms. The van der Waals surface area contributed by atoms with E-state index < -0.39 is 0 Å². The molecular weight excluding hydrogens is 154 g/mol. The van der Waals surface area contributed by atoms with Crippen LogP contribution in [-0.2, 0) is 9.47 Å². The van der Waals surface area contributed by atoms with E-state index in [4.69, 9.17) is 9.47 Å². The largest absolute Gasteiger partial charge is 0.385 e. The molecule has 0 radical (unpaired) electrons. The average molecular weight is 173 g/mol. The van der Waals surface area contributed by atoms with Crippen LogP contribution in [-0.4, -0.2) is 51.5 Å². The van der Waals surface area contributed by atoms with Gasteiger partial charge in [-0.3, -0.25) is 0 Å². The molecule has 1 fully saturated rings. The molecule has 1 heterocycles. The molecule has 0 aromatic rings. The summed E-state index contributed by atoms with van der Waals surface area (Å²) in [5, 5.41) is 0. The average Bonchev–Trinajstić information content (AvgIpc) is 2.33. The van der Waals surface area contributed by atoms with Crippen LogP contribution in [0.25, 0.3) is 0 Å². The maximum atomic E-state index is 5.36. The minimum atomic E-state index is 0.872. The summed E-state index contributed by atoms with van der Waals surface area (Å²) in [6, 6.07) is 0. The van der Waals surface area contributed by atoms with Gasteiger partial charge < -0.3 is 14.4 Å². The second-order valence-electron chi connectivity index (χ2n) is 3.15. The Hall–Kier alpha value is -0.120. The zero-order chi connectivity index (χ0) is 8.65. The van der Waals surface area contributed by atoms with Crippen molar-refractivity contribution in [2.45, 2.75) is 12.8 Å². The van der Waals surface area contributed by atoms with E-state index in [1.54, 1.807) is 7.11 Å². The smallest absolute Gasteiger partial charge is 0.0593 e. The first-order valence-corrected chi connectivity index (χ1v) is 4.72. The topological polar surface area (TPSA) is 21.7 Å². The third kappa shape index (κ3) is 4.04. The van der Waals surface area contributed by atoms with Gasteiger partial charge in [0.15, 0.2) is 0 Å². The second-order valence-corrected chi connectivity index (χ2v) is 3.15. The summed E-state index contributed by atoms with van der Waals surface area (Å²) in [7, 11) is 1.76. The van der Waals surface area contributed by atoms with Crippen molar-refractivity contribution < 1.29 is 9.47 Å². The van der Waals surface area contributed by atoms with Crippen LogP contribution in [0, 0.1) is 0 Å². The van der Waals surface area contributed by atoms with E-state index in [-0.39, 0.29) is 0 Å². The fourth-order valence-corrected chi connectivity index (χ4v) is 1.45. The first-order chi connectivity index (χ1) is 5.93. The summed E-state index contributed by atoms with van der Waals surface area (Å²) >= 11 is 0. The molecule has 12 heavy (non-hydrogen) atoms. The number of methoxy groups -OCH3 is 1. The number of hydrogen-bond donors (Lipinski definition) is 0. The molecule has 0 aromatic heterocycles. The van der Waals surface area contributed by atoms with Gasteiger partial charge in [-0.2, -0.15) is 0 Å². The summed E-state index contributed by atoms with van der Waals surface area (Å²) in [5.41, 5.74) is 0. The van der Waals surface area contributed by atoms with Gasteiger partial charge in [0, 0.05) is 40.0 Å². The molecule has 1 aliphatic rings. The van der Waals surface area contributed by atoms with Crippen LogP contribution in [0.1, 0.15) is 12.8 Å². The number of nitrogens with zero attached hydrogens (tertiary/aromatic N) is 1. The predicted molar refractivity (Wildman–Crippen MR) is 48.4 cm³/mol. The summed E-state index contributed by atoms with van der Waals surface area (Å²) in [5.74, 6) is 0. The van der Waals surface area contributed by atoms with Gasteiger partial charge in [-0.15, -0.1) is 0 Å². The Balaban J connectivity index is 2.04. The molecule has 72 valence electrons. The lowest BCUT2D eigenvalue weighted by atomic mass is 10.3. The molecular formula is C9H19NO2. The fraction of sp³-hybridized carbons (Fsp3) is 1.00. The van der Waals surface area contributed by atoms with Crippen molar-refractivity contribution in [3.8, 4) is 0 Å². The van der Waals surface area contributed by atoms with Crippen molar-refractivity contribution in [3.63, 3.8) is 0 Å². The van der Waals surface area contributed by atoms with E-state index in [9.17, 15) is 0 Å². The van der Waals surface area contributed by atoms with Crippen LogP contribution >= 0.6 is 0 Å². The highest BCUT2D eigenvalue weighted by atomic mass is 16.5. The monoisotopic (exact) mass is 173 g/mol. The molecule has 0 bridgehead atoms. The van der Waals surface area contributed by atoms with Crippen molar-refractivity contribution in [2.24, 2.45) is 0 Å². The normalized spacial score (nSPS) is 20.8. The van der Waals surface area contributed by atoms with E-state index in [1.807, 2.05) is 0 Å². The van der Waals surface area contributed by atoms with Crippen LogP contribution < -0.4 is 0 Å². The van der Waals surface area contributed by atoms with Crippen LogP contribution in [0.4, 0.5) is 0 Å². The van der Waals surface area contributed by atoms with Gasteiger partial charge >= 0.3 is 0 Å².